The molecule has 0 radical (unpaired) electrons. The lowest BCUT2D eigenvalue weighted by Crippen LogP contribution is -2.56. The fourth-order valence-corrected chi connectivity index (χ4v) is 4.47. The SMILES string of the molecule is CN=C(NCC(C)c1cccc(C)c1)NC1CC2CCCC(C1)N2C. The molecular weight excluding hydrogens is 308 g/mol. The minimum Gasteiger partial charge on any atom is -0.356 e. The number of nitrogens with one attached hydrogen (secondary N) is 2. The van der Waals surface area contributed by atoms with E-state index in [-0.39, 0.29) is 0 Å². The molecule has 25 heavy (non-hydrogen) atoms. The normalized spacial score (nSPS) is 28.5. The smallest absolute Gasteiger partial charge is 0.191 e. The van der Waals surface area contributed by atoms with Crippen LogP contribution in [0.25, 0.3) is 0 Å². The predicted molar refractivity (Wildman–Crippen MR) is 106 cm³/mol. The average molecular weight is 343 g/mol. The van der Waals surface area contributed by atoms with Gasteiger partial charge >= 0.3 is 0 Å². The van der Waals surface area contributed by atoms with E-state index in [4.69, 9.17) is 0 Å². The predicted octanol–water partition coefficient (Wildman–Crippen LogP) is 3.28. The van der Waals surface area contributed by atoms with E-state index in [1.165, 1.54) is 43.2 Å². The van der Waals surface area contributed by atoms with E-state index in [1.54, 1.807) is 0 Å². The second kappa shape index (κ2) is 8.22. The Labute approximate surface area is 153 Å². The summed E-state index contributed by atoms with van der Waals surface area (Å²) < 4.78 is 0. The van der Waals surface area contributed by atoms with Crippen molar-refractivity contribution in [2.75, 3.05) is 20.6 Å². The summed E-state index contributed by atoms with van der Waals surface area (Å²) in [6, 6.07) is 10.8. The molecule has 0 aliphatic carbocycles. The number of guanidine groups is 1. The average Bonchev–Trinajstić information content (AvgIpc) is 2.59. The molecule has 0 saturated carbocycles. The van der Waals surface area contributed by atoms with Gasteiger partial charge in [-0.2, -0.15) is 0 Å². The standard InChI is InChI=1S/C21H34N4/c1-15-7-5-8-17(11-15)16(2)14-23-21(22-3)24-18-12-19-9-6-10-20(13-18)25(19)4/h5,7-8,11,16,18-20H,6,9-10,12-14H2,1-4H3,(H2,22,23,24). The number of hydrogen-bond donors (Lipinski definition) is 2. The summed E-state index contributed by atoms with van der Waals surface area (Å²) in [6.07, 6.45) is 6.57. The zero-order chi connectivity index (χ0) is 17.8. The van der Waals surface area contributed by atoms with E-state index in [9.17, 15) is 0 Å². The molecule has 0 spiro atoms. The van der Waals surface area contributed by atoms with Gasteiger partial charge in [0, 0.05) is 31.7 Å². The van der Waals surface area contributed by atoms with Crippen molar-refractivity contribution in [3.8, 4) is 0 Å². The van der Waals surface area contributed by atoms with Crippen LogP contribution in [0, 0.1) is 6.92 Å². The third-order valence-electron chi connectivity index (χ3n) is 6.09. The molecule has 138 valence electrons. The number of fused-ring (bicyclic) bond motifs is 2. The van der Waals surface area contributed by atoms with Crippen molar-refractivity contribution < 1.29 is 0 Å². The minimum atomic E-state index is 0.468. The molecule has 3 unspecified atom stereocenters. The molecule has 2 heterocycles. The fourth-order valence-electron chi connectivity index (χ4n) is 4.47. The van der Waals surface area contributed by atoms with Crippen LogP contribution in [-0.4, -0.2) is 49.6 Å². The molecule has 3 atom stereocenters. The van der Waals surface area contributed by atoms with Crippen LogP contribution < -0.4 is 10.6 Å². The van der Waals surface area contributed by atoms with E-state index in [2.05, 4.69) is 65.7 Å². The molecule has 2 bridgehead atoms. The van der Waals surface area contributed by atoms with Gasteiger partial charge in [0.05, 0.1) is 0 Å². The third-order valence-corrected chi connectivity index (χ3v) is 6.09. The second-order valence-electron chi connectivity index (χ2n) is 7.98. The number of hydrogen-bond acceptors (Lipinski definition) is 2. The summed E-state index contributed by atoms with van der Waals surface area (Å²) in [5, 5.41) is 7.22. The van der Waals surface area contributed by atoms with E-state index in [0.29, 0.717) is 12.0 Å². The summed E-state index contributed by atoms with van der Waals surface area (Å²) in [6.45, 7) is 5.33. The first-order valence-electron chi connectivity index (χ1n) is 9.82. The van der Waals surface area contributed by atoms with Gasteiger partial charge in [-0.25, -0.2) is 0 Å². The first-order chi connectivity index (χ1) is 12.1. The Morgan fingerprint density at radius 3 is 2.64 bits per heavy atom. The highest BCUT2D eigenvalue weighted by atomic mass is 15.2. The van der Waals surface area contributed by atoms with Crippen molar-refractivity contribution in [3.63, 3.8) is 0 Å². The van der Waals surface area contributed by atoms with Crippen LogP contribution in [0.4, 0.5) is 0 Å². The summed E-state index contributed by atoms with van der Waals surface area (Å²) in [4.78, 5) is 7.07. The van der Waals surface area contributed by atoms with Crippen molar-refractivity contribution in [1.29, 1.82) is 0 Å². The molecule has 3 rings (SSSR count). The van der Waals surface area contributed by atoms with Gasteiger partial charge in [0.25, 0.3) is 0 Å². The zero-order valence-corrected chi connectivity index (χ0v) is 16.3. The van der Waals surface area contributed by atoms with Crippen molar-refractivity contribution in [3.05, 3.63) is 35.4 Å². The number of nitrogens with zero attached hydrogens (tertiary/aromatic N) is 2. The van der Waals surface area contributed by atoms with Gasteiger partial charge in [0.1, 0.15) is 0 Å². The summed E-state index contributed by atoms with van der Waals surface area (Å²) in [7, 11) is 4.18. The first kappa shape index (κ1) is 18.2. The highest BCUT2D eigenvalue weighted by Gasteiger charge is 2.36. The van der Waals surface area contributed by atoms with Crippen LogP contribution >= 0.6 is 0 Å². The van der Waals surface area contributed by atoms with Crippen LogP contribution in [0.2, 0.25) is 0 Å². The molecule has 2 aliphatic heterocycles. The number of aliphatic imine (C=N–C) groups is 1. The highest BCUT2D eigenvalue weighted by Crippen LogP contribution is 2.32. The van der Waals surface area contributed by atoms with Crippen LogP contribution in [0.5, 0.6) is 0 Å². The van der Waals surface area contributed by atoms with Gasteiger partial charge in [-0.1, -0.05) is 43.2 Å². The lowest BCUT2D eigenvalue weighted by Gasteiger charge is -2.47. The van der Waals surface area contributed by atoms with Crippen molar-refractivity contribution >= 4 is 5.96 Å². The molecule has 1 aromatic carbocycles. The molecule has 0 aromatic heterocycles. The van der Waals surface area contributed by atoms with Crippen molar-refractivity contribution in [2.45, 2.75) is 70.0 Å². The Balaban J connectivity index is 1.51. The maximum absolute atomic E-state index is 4.46. The maximum Gasteiger partial charge on any atom is 0.191 e. The first-order valence-corrected chi connectivity index (χ1v) is 9.82. The lowest BCUT2D eigenvalue weighted by atomic mass is 9.82. The Kier molecular flexibility index (Phi) is 6.00. The Bertz CT molecular complexity index is 583. The van der Waals surface area contributed by atoms with Crippen LogP contribution in [-0.2, 0) is 0 Å². The molecule has 2 aliphatic rings. The largest absolute Gasteiger partial charge is 0.356 e. The summed E-state index contributed by atoms with van der Waals surface area (Å²) in [5.41, 5.74) is 2.71. The minimum absolute atomic E-state index is 0.468. The fraction of sp³-hybridized carbons (Fsp3) is 0.667. The van der Waals surface area contributed by atoms with Gasteiger partial charge in [0.2, 0.25) is 0 Å². The van der Waals surface area contributed by atoms with Gasteiger partial charge in [-0.3, -0.25) is 4.99 Å². The van der Waals surface area contributed by atoms with Gasteiger partial charge in [-0.15, -0.1) is 0 Å². The maximum atomic E-state index is 4.46. The molecule has 4 nitrogen and oxygen atoms in total. The highest BCUT2D eigenvalue weighted by molar-refractivity contribution is 5.80. The van der Waals surface area contributed by atoms with E-state index in [0.717, 1.165) is 24.6 Å². The van der Waals surface area contributed by atoms with Gasteiger partial charge < -0.3 is 15.5 Å². The Morgan fingerprint density at radius 2 is 2.00 bits per heavy atom. The molecule has 0 amide bonds. The third kappa shape index (κ3) is 4.55. The van der Waals surface area contributed by atoms with Crippen LogP contribution in [0.3, 0.4) is 0 Å². The Morgan fingerprint density at radius 1 is 1.28 bits per heavy atom. The van der Waals surface area contributed by atoms with E-state index < -0.39 is 0 Å². The second-order valence-corrected chi connectivity index (χ2v) is 7.98. The quantitative estimate of drug-likeness (QED) is 0.652. The number of aryl methyl sites for hydroxylation is 1. The Hall–Kier alpha value is -1.55. The lowest BCUT2D eigenvalue weighted by molar-refractivity contribution is 0.0526. The van der Waals surface area contributed by atoms with Gasteiger partial charge in [0.15, 0.2) is 5.96 Å². The van der Waals surface area contributed by atoms with E-state index >= 15 is 0 Å². The zero-order valence-electron chi connectivity index (χ0n) is 16.3. The van der Waals surface area contributed by atoms with Crippen LogP contribution in [0.15, 0.2) is 29.3 Å². The van der Waals surface area contributed by atoms with E-state index in [1.807, 2.05) is 7.05 Å². The number of benzene rings is 1. The van der Waals surface area contributed by atoms with Crippen molar-refractivity contribution in [2.24, 2.45) is 4.99 Å². The van der Waals surface area contributed by atoms with Crippen molar-refractivity contribution in [1.82, 2.24) is 15.5 Å². The molecule has 1 aromatic rings. The number of piperidine rings is 2. The van der Waals surface area contributed by atoms with Crippen LogP contribution in [0.1, 0.15) is 56.1 Å². The number of rotatable bonds is 4. The topological polar surface area (TPSA) is 39.7 Å². The molecule has 2 N–H and O–H groups in total. The molecule has 2 fully saturated rings. The molecular formula is C21H34N4. The van der Waals surface area contributed by atoms with Gasteiger partial charge in [-0.05, 0) is 51.1 Å². The molecule has 2 saturated heterocycles. The summed E-state index contributed by atoms with van der Waals surface area (Å²) in [5.74, 6) is 1.42. The monoisotopic (exact) mass is 342 g/mol. The molecule has 4 heteroatoms. The summed E-state index contributed by atoms with van der Waals surface area (Å²) >= 11 is 0.